The predicted octanol–water partition coefficient (Wildman–Crippen LogP) is 1.85. The van der Waals surface area contributed by atoms with E-state index in [0.29, 0.717) is 12.3 Å². The number of rotatable bonds is 2. The number of aryl methyl sites for hydroxylation is 2. The van der Waals surface area contributed by atoms with E-state index in [1.165, 1.54) is 17.4 Å². The molecule has 0 aliphatic heterocycles. The van der Waals surface area contributed by atoms with Crippen molar-refractivity contribution in [3.05, 3.63) is 33.2 Å². The van der Waals surface area contributed by atoms with E-state index in [-0.39, 0.29) is 5.56 Å². The molecule has 74 valence electrons. The van der Waals surface area contributed by atoms with Gasteiger partial charge in [-0.05, 0) is 6.92 Å². The first kappa shape index (κ1) is 9.68. The van der Waals surface area contributed by atoms with E-state index in [2.05, 4.69) is 4.98 Å². The lowest BCUT2D eigenvalue weighted by Crippen LogP contribution is -2.15. The zero-order chi connectivity index (χ0) is 10.1. The molecule has 14 heavy (non-hydrogen) atoms. The van der Waals surface area contributed by atoms with Crippen LogP contribution in [0.4, 0.5) is 0 Å². The Labute approximate surface area is 90.0 Å². The monoisotopic (exact) mass is 228 g/mol. The van der Waals surface area contributed by atoms with Crippen molar-refractivity contribution in [2.45, 2.75) is 13.3 Å². The van der Waals surface area contributed by atoms with E-state index in [4.69, 9.17) is 11.6 Å². The number of hydrogen-bond acceptors (Lipinski definition) is 3. The molecular weight excluding hydrogens is 220 g/mol. The van der Waals surface area contributed by atoms with Crippen molar-refractivity contribution in [2.75, 3.05) is 5.88 Å². The summed E-state index contributed by atoms with van der Waals surface area (Å²) >= 11 is 7.12. The van der Waals surface area contributed by atoms with Gasteiger partial charge in [0.25, 0.3) is 5.56 Å². The third-order valence-corrected chi connectivity index (χ3v) is 3.02. The summed E-state index contributed by atoms with van der Waals surface area (Å²) in [7, 11) is 0. The first-order valence-electron chi connectivity index (χ1n) is 4.25. The standard InChI is InChI=1S/C9H9ClN2OS/c1-6-4-8(13)12-7(2-3-10)5-14-9(12)11-6/h4-5H,2-3H2,1H3. The van der Waals surface area contributed by atoms with E-state index in [0.717, 1.165) is 16.3 Å². The summed E-state index contributed by atoms with van der Waals surface area (Å²) in [6.07, 6.45) is 0.701. The van der Waals surface area contributed by atoms with Crippen LogP contribution < -0.4 is 5.56 Å². The van der Waals surface area contributed by atoms with Gasteiger partial charge in [-0.25, -0.2) is 4.98 Å². The number of alkyl halides is 1. The summed E-state index contributed by atoms with van der Waals surface area (Å²) in [4.78, 5) is 16.7. The lowest BCUT2D eigenvalue weighted by atomic mass is 10.3. The number of hydrogen-bond donors (Lipinski definition) is 0. The minimum atomic E-state index is -0.0196. The van der Waals surface area contributed by atoms with Crippen molar-refractivity contribution >= 4 is 27.9 Å². The Bertz CT molecular complexity index is 517. The Morgan fingerprint density at radius 3 is 3.14 bits per heavy atom. The summed E-state index contributed by atoms with van der Waals surface area (Å²) in [5.41, 5.74) is 1.68. The maximum absolute atomic E-state index is 11.6. The number of nitrogens with zero attached hydrogens (tertiary/aromatic N) is 2. The van der Waals surface area contributed by atoms with E-state index >= 15 is 0 Å². The Morgan fingerprint density at radius 1 is 1.64 bits per heavy atom. The molecule has 2 heterocycles. The van der Waals surface area contributed by atoms with Crippen molar-refractivity contribution in [3.8, 4) is 0 Å². The van der Waals surface area contributed by atoms with Gasteiger partial charge in [0.15, 0.2) is 4.96 Å². The van der Waals surface area contributed by atoms with Gasteiger partial charge in [0, 0.05) is 35.1 Å². The molecule has 2 aromatic rings. The van der Waals surface area contributed by atoms with Crippen molar-refractivity contribution in [2.24, 2.45) is 0 Å². The lowest BCUT2D eigenvalue weighted by molar-refractivity contribution is 0.942. The predicted molar refractivity (Wildman–Crippen MR) is 58.5 cm³/mol. The number of thiazole rings is 1. The summed E-state index contributed by atoms with van der Waals surface area (Å²) in [6.45, 7) is 1.82. The quantitative estimate of drug-likeness (QED) is 0.736. The molecule has 2 rings (SSSR count). The van der Waals surface area contributed by atoms with Crippen molar-refractivity contribution in [1.29, 1.82) is 0 Å². The van der Waals surface area contributed by atoms with Gasteiger partial charge in [0.2, 0.25) is 0 Å². The molecule has 0 unspecified atom stereocenters. The number of fused-ring (bicyclic) bond motifs is 1. The maximum atomic E-state index is 11.6. The minimum Gasteiger partial charge on any atom is -0.269 e. The first-order valence-corrected chi connectivity index (χ1v) is 5.66. The molecule has 0 atom stereocenters. The Balaban J connectivity index is 2.73. The van der Waals surface area contributed by atoms with Crippen LogP contribution in [0.1, 0.15) is 11.4 Å². The fourth-order valence-electron chi connectivity index (χ4n) is 1.36. The fourth-order valence-corrected chi connectivity index (χ4v) is 2.52. The van der Waals surface area contributed by atoms with Crippen LogP contribution >= 0.6 is 22.9 Å². The Morgan fingerprint density at radius 2 is 2.43 bits per heavy atom. The van der Waals surface area contributed by atoms with Gasteiger partial charge in [0.05, 0.1) is 0 Å². The molecule has 0 aliphatic carbocycles. The molecule has 0 saturated heterocycles. The highest BCUT2D eigenvalue weighted by Crippen LogP contribution is 2.13. The lowest BCUT2D eigenvalue weighted by Gasteiger charge is -1.98. The highest BCUT2D eigenvalue weighted by molar-refractivity contribution is 7.15. The molecule has 0 N–H and O–H groups in total. The van der Waals surface area contributed by atoms with E-state index < -0.39 is 0 Å². The van der Waals surface area contributed by atoms with Crippen LogP contribution in [-0.2, 0) is 6.42 Å². The highest BCUT2D eigenvalue weighted by Gasteiger charge is 2.06. The highest BCUT2D eigenvalue weighted by atomic mass is 35.5. The number of aromatic nitrogens is 2. The zero-order valence-electron chi connectivity index (χ0n) is 7.66. The Hall–Kier alpha value is -0.870. The molecule has 5 heteroatoms. The van der Waals surface area contributed by atoms with Gasteiger partial charge in [-0.2, -0.15) is 0 Å². The van der Waals surface area contributed by atoms with Gasteiger partial charge in [-0.1, -0.05) is 0 Å². The van der Waals surface area contributed by atoms with E-state index in [1.807, 2.05) is 12.3 Å². The van der Waals surface area contributed by atoms with Gasteiger partial charge < -0.3 is 0 Å². The third kappa shape index (κ3) is 1.55. The molecule has 0 radical (unpaired) electrons. The van der Waals surface area contributed by atoms with Gasteiger partial charge in [0.1, 0.15) is 0 Å². The molecule has 2 aromatic heterocycles. The fraction of sp³-hybridized carbons (Fsp3) is 0.333. The van der Waals surface area contributed by atoms with Crippen LogP contribution in [0, 0.1) is 6.92 Å². The van der Waals surface area contributed by atoms with Gasteiger partial charge in [-0.3, -0.25) is 9.20 Å². The van der Waals surface area contributed by atoms with Gasteiger partial charge >= 0.3 is 0 Å². The van der Waals surface area contributed by atoms with Crippen LogP contribution in [-0.4, -0.2) is 15.3 Å². The van der Waals surface area contributed by atoms with Crippen LogP contribution in [0.25, 0.3) is 4.96 Å². The van der Waals surface area contributed by atoms with Crippen LogP contribution in [0.3, 0.4) is 0 Å². The smallest absolute Gasteiger partial charge is 0.258 e. The van der Waals surface area contributed by atoms with Gasteiger partial charge in [-0.15, -0.1) is 22.9 Å². The molecule has 0 aliphatic rings. The van der Waals surface area contributed by atoms with Crippen molar-refractivity contribution in [3.63, 3.8) is 0 Å². The molecular formula is C9H9ClN2OS. The summed E-state index contributed by atoms with van der Waals surface area (Å²) in [5, 5.41) is 1.94. The largest absolute Gasteiger partial charge is 0.269 e. The maximum Gasteiger partial charge on any atom is 0.258 e. The molecule has 0 amide bonds. The Kier molecular flexibility index (Phi) is 2.56. The number of halogens is 1. The summed E-state index contributed by atoms with van der Waals surface area (Å²) < 4.78 is 1.63. The molecule has 0 bridgehead atoms. The first-order chi connectivity index (χ1) is 6.72. The van der Waals surface area contributed by atoms with Crippen LogP contribution in [0.15, 0.2) is 16.2 Å². The van der Waals surface area contributed by atoms with Crippen molar-refractivity contribution in [1.82, 2.24) is 9.38 Å². The topological polar surface area (TPSA) is 34.4 Å². The second-order valence-electron chi connectivity index (χ2n) is 3.02. The van der Waals surface area contributed by atoms with Crippen LogP contribution in [0.5, 0.6) is 0 Å². The average Bonchev–Trinajstić information content (AvgIpc) is 2.49. The molecule has 0 spiro atoms. The third-order valence-electron chi connectivity index (χ3n) is 1.95. The molecule has 0 saturated carbocycles. The van der Waals surface area contributed by atoms with Crippen LogP contribution in [0.2, 0.25) is 0 Å². The second-order valence-corrected chi connectivity index (χ2v) is 4.23. The molecule has 0 fully saturated rings. The van der Waals surface area contributed by atoms with E-state index in [9.17, 15) is 4.79 Å². The molecule has 3 nitrogen and oxygen atoms in total. The normalized spacial score (nSPS) is 11.0. The zero-order valence-corrected chi connectivity index (χ0v) is 9.23. The average molecular weight is 229 g/mol. The van der Waals surface area contributed by atoms with Crippen molar-refractivity contribution < 1.29 is 0 Å². The second kappa shape index (κ2) is 3.71. The SMILES string of the molecule is Cc1cc(=O)n2c(CCCl)csc2n1. The minimum absolute atomic E-state index is 0.0196. The van der Waals surface area contributed by atoms with E-state index in [1.54, 1.807) is 4.40 Å². The molecule has 0 aromatic carbocycles. The summed E-state index contributed by atoms with van der Waals surface area (Å²) in [6, 6.07) is 1.54. The summed E-state index contributed by atoms with van der Waals surface area (Å²) in [5.74, 6) is 0.520.